The van der Waals surface area contributed by atoms with Crippen molar-refractivity contribution in [2.24, 2.45) is 0 Å². The van der Waals surface area contributed by atoms with E-state index in [0.717, 1.165) is 12.8 Å². The highest BCUT2D eigenvalue weighted by molar-refractivity contribution is 6.09. The van der Waals surface area contributed by atoms with Crippen LogP contribution in [0.2, 0.25) is 0 Å². The molecule has 0 atom stereocenters. The van der Waals surface area contributed by atoms with Gasteiger partial charge in [0.1, 0.15) is 0 Å². The van der Waals surface area contributed by atoms with Gasteiger partial charge in [0.2, 0.25) is 0 Å². The van der Waals surface area contributed by atoms with Gasteiger partial charge in [0, 0.05) is 0 Å². The minimum absolute atomic E-state index is 1.10. The molecule has 0 bridgehead atoms. The SMILES string of the molecule is C1=Cc2c(c(-c3ccccc3)c3ccccc3c2-c2ccccc2)CC1. The maximum absolute atomic E-state index is 2.33. The summed E-state index contributed by atoms with van der Waals surface area (Å²) in [5.41, 5.74) is 8.25. The van der Waals surface area contributed by atoms with Crippen molar-refractivity contribution in [3.05, 3.63) is 102 Å². The van der Waals surface area contributed by atoms with E-state index in [9.17, 15) is 0 Å². The Morgan fingerprint density at radius 3 is 1.73 bits per heavy atom. The van der Waals surface area contributed by atoms with Crippen molar-refractivity contribution < 1.29 is 0 Å². The summed E-state index contributed by atoms with van der Waals surface area (Å²) in [7, 11) is 0. The molecule has 124 valence electrons. The molecule has 5 rings (SSSR count). The van der Waals surface area contributed by atoms with Gasteiger partial charge in [-0.1, -0.05) is 97.1 Å². The fourth-order valence-corrected chi connectivity index (χ4v) is 4.24. The third-order valence-electron chi connectivity index (χ3n) is 5.33. The van der Waals surface area contributed by atoms with E-state index in [0.29, 0.717) is 0 Å². The van der Waals surface area contributed by atoms with Gasteiger partial charge in [-0.3, -0.25) is 0 Å². The van der Waals surface area contributed by atoms with Gasteiger partial charge in [-0.15, -0.1) is 0 Å². The highest BCUT2D eigenvalue weighted by atomic mass is 14.2. The minimum atomic E-state index is 1.10. The third-order valence-corrected chi connectivity index (χ3v) is 5.33. The molecular formula is C26H20. The van der Waals surface area contributed by atoms with Crippen molar-refractivity contribution in [3.63, 3.8) is 0 Å². The summed E-state index contributed by atoms with van der Waals surface area (Å²) >= 11 is 0. The Balaban J connectivity index is 1.96. The molecule has 0 saturated carbocycles. The predicted octanol–water partition coefficient (Wildman–Crippen LogP) is 7.13. The standard InChI is InChI=1S/C26H20/c1-3-11-19(12-4-1)25-21-15-7-9-17-23(21)26(20-13-5-2-6-14-20)24-18-10-8-16-22(24)25/h1-9,11-17H,10,18H2. The Hall–Kier alpha value is -3.12. The van der Waals surface area contributed by atoms with E-state index in [2.05, 4.69) is 97.1 Å². The molecule has 0 heterocycles. The van der Waals surface area contributed by atoms with Gasteiger partial charge in [0.05, 0.1) is 0 Å². The first-order valence-corrected chi connectivity index (χ1v) is 9.28. The molecule has 1 aliphatic carbocycles. The second-order valence-corrected chi connectivity index (χ2v) is 6.86. The zero-order valence-corrected chi connectivity index (χ0v) is 14.7. The predicted molar refractivity (Wildman–Crippen MR) is 112 cm³/mol. The molecule has 1 aliphatic rings. The molecule has 0 amide bonds. The van der Waals surface area contributed by atoms with Crippen LogP contribution in [-0.4, -0.2) is 0 Å². The average molecular weight is 332 g/mol. The molecule has 0 heteroatoms. The van der Waals surface area contributed by atoms with Gasteiger partial charge in [-0.25, -0.2) is 0 Å². The quantitative estimate of drug-likeness (QED) is 0.366. The molecular weight excluding hydrogens is 312 g/mol. The Kier molecular flexibility index (Phi) is 3.68. The summed E-state index contributed by atoms with van der Waals surface area (Å²) < 4.78 is 0. The van der Waals surface area contributed by atoms with Crippen LogP contribution in [0.15, 0.2) is 91.0 Å². The first kappa shape index (κ1) is 15.2. The third kappa shape index (κ3) is 2.38. The first-order chi connectivity index (χ1) is 12.9. The van der Waals surface area contributed by atoms with Gasteiger partial charge in [0.15, 0.2) is 0 Å². The summed E-state index contributed by atoms with van der Waals surface area (Å²) in [5.74, 6) is 0. The zero-order chi connectivity index (χ0) is 17.3. The van der Waals surface area contributed by atoms with Crippen molar-refractivity contribution >= 4 is 16.8 Å². The van der Waals surface area contributed by atoms with Crippen molar-refractivity contribution in [3.8, 4) is 22.3 Å². The summed E-state index contributed by atoms with van der Waals surface area (Å²) in [6, 6.07) is 30.5. The molecule has 0 aliphatic heterocycles. The number of hydrogen-bond donors (Lipinski definition) is 0. The molecule has 26 heavy (non-hydrogen) atoms. The van der Waals surface area contributed by atoms with Gasteiger partial charge in [-0.05, 0) is 57.0 Å². The van der Waals surface area contributed by atoms with Gasteiger partial charge >= 0.3 is 0 Å². The Bertz CT molecular complexity index is 1100. The second-order valence-electron chi connectivity index (χ2n) is 6.86. The van der Waals surface area contributed by atoms with Crippen LogP contribution in [0, 0.1) is 0 Å². The van der Waals surface area contributed by atoms with Gasteiger partial charge in [0.25, 0.3) is 0 Å². The first-order valence-electron chi connectivity index (χ1n) is 9.28. The van der Waals surface area contributed by atoms with Crippen molar-refractivity contribution in [2.75, 3.05) is 0 Å². The van der Waals surface area contributed by atoms with Crippen LogP contribution in [0.4, 0.5) is 0 Å². The molecule has 4 aromatic carbocycles. The summed E-state index contributed by atoms with van der Waals surface area (Å²) in [6.07, 6.45) is 6.86. The van der Waals surface area contributed by atoms with E-state index >= 15 is 0 Å². The maximum atomic E-state index is 2.33. The molecule has 0 radical (unpaired) electrons. The maximum Gasteiger partial charge on any atom is -0.00297 e. The summed E-state index contributed by atoms with van der Waals surface area (Å²) in [4.78, 5) is 0. The van der Waals surface area contributed by atoms with Gasteiger partial charge in [-0.2, -0.15) is 0 Å². The molecule has 0 spiro atoms. The molecule has 4 aromatic rings. The van der Waals surface area contributed by atoms with Crippen LogP contribution >= 0.6 is 0 Å². The van der Waals surface area contributed by atoms with Crippen LogP contribution in [0.25, 0.3) is 39.1 Å². The van der Waals surface area contributed by atoms with Crippen molar-refractivity contribution in [1.82, 2.24) is 0 Å². The van der Waals surface area contributed by atoms with E-state index in [4.69, 9.17) is 0 Å². The second kappa shape index (κ2) is 6.31. The largest absolute Gasteiger partial charge is 0.0836 e. The Labute approximate surface area is 154 Å². The van der Waals surface area contributed by atoms with Crippen molar-refractivity contribution in [2.45, 2.75) is 12.8 Å². The highest BCUT2D eigenvalue weighted by Crippen LogP contribution is 2.44. The molecule has 0 N–H and O–H groups in total. The number of fused-ring (bicyclic) bond motifs is 2. The van der Waals surface area contributed by atoms with E-state index in [1.807, 2.05) is 0 Å². The van der Waals surface area contributed by atoms with Crippen LogP contribution in [0.5, 0.6) is 0 Å². The van der Waals surface area contributed by atoms with E-state index in [1.165, 1.54) is 44.2 Å². The smallest absolute Gasteiger partial charge is 0.00297 e. The molecule has 0 unspecified atom stereocenters. The average Bonchev–Trinajstić information content (AvgIpc) is 2.73. The van der Waals surface area contributed by atoms with Crippen LogP contribution in [0.1, 0.15) is 17.5 Å². The zero-order valence-electron chi connectivity index (χ0n) is 14.7. The topological polar surface area (TPSA) is 0 Å². The number of hydrogen-bond acceptors (Lipinski definition) is 0. The minimum Gasteiger partial charge on any atom is -0.0836 e. The normalized spacial score (nSPS) is 12.9. The molecule has 0 fully saturated rings. The van der Waals surface area contributed by atoms with E-state index in [1.54, 1.807) is 0 Å². The van der Waals surface area contributed by atoms with Crippen LogP contribution < -0.4 is 0 Å². The highest BCUT2D eigenvalue weighted by Gasteiger charge is 2.20. The molecule has 0 nitrogen and oxygen atoms in total. The Morgan fingerprint density at radius 2 is 1.08 bits per heavy atom. The summed E-state index contributed by atoms with van der Waals surface area (Å²) in [5, 5.41) is 2.69. The summed E-state index contributed by atoms with van der Waals surface area (Å²) in [6.45, 7) is 0. The monoisotopic (exact) mass is 332 g/mol. The fraction of sp³-hybridized carbons (Fsp3) is 0.0769. The number of rotatable bonds is 2. The number of allylic oxidation sites excluding steroid dienone is 1. The lowest BCUT2D eigenvalue weighted by Gasteiger charge is -2.23. The van der Waals surface area contributed by atoms with Crippen LogP contribution in [0.3, 0.4) is 0 Å². The molecule has 0 saturated heterocycles. The fourth-order valence-electron chi connectivity index (χ4n) is 4.24. The Morgan fingerprint density at radius 1 is 0.538 bits per heavy atom. The van der Waals surface area contributed by atoms with E-state index in [-0.39, 0.29) is 0 Å². The van der Waals surface area contributed by atoms with Gasteiger partial charge < -0.3 is 0 Å². The molecule has 0 aromatic heterocycles. The number of benzene rings is 4. The van der Waals surface area contributed by atoms with Crippen LogP contribution in [-0.2, 0) is 6.42 Å². The lowest BCUT2D eigenvalue weighted by Crippen LogP contribution is -2.02. The lowest BCUT2D eigenvalue weighted by atomic mass is 9.80. The van der Waals surface area contributed by atoms with Crippen molar-refractivity contribution in [1.29, 1.82) is 0 Å². The lowest BCUT2D eigenvalue weighted by molar-refractivity contribution is 0.991. The van der Waals surface area contributed by atoms with E-state index < -0.39 is 0 Å².